The monoisotopic (exact) mass is 268 g/mol. The molecule has 0 saturated carbocycles. The van der Waals surface area contributed by atoms with Crippen molar-refractivity contribution in [2.75, 3.05) is 51.9 Å². The first-order chi connectivity index (χ1) is 7.66. The van der Waals surface area contributed by atoms with E-state index in [0.29, 0.717) is 18.9 Å². The van der Waals surface area contributed by atoms with Gasteiger partial charge in [0.1, 0.15) is 6.61 Å². The van der Waals surface area contributed by atoms with Gasteiger partial charge >= 0.3 is 6.09 Å². The van der Waals surface area contributed by atoms with E-state index >= 15 is 0 Å². The number of likely N-dealkylation sites (N-methyl/N-ethyl adjacent to an activating group) is 1. The Labute approximate surface area is 105 Å². The molecule has 16 heavy (non-hydrogen) atoms. The minimum Gasteiger partial charge on any atom is -0.449 e. The fourth-order valence-electron chi connectivity index (χ4n) is 0.756. The number of hydrogen-bond acceptors (Lipinski definition) is 6. The van der Waals surface area contributed by atoms with Gasteiger partial charge in [0.2, 0.25) is 0 Å². The Bertz CT molecular complexity index is 182. The molecule has 5 nitrogen and oxygen atoms in total. The van der Waals surface area contributed by atoms with E-state index in [2.05, 4.69) is 5.32 Å². The summed E-state index contributed by atoms with van der Waals surface area (Å²) in [5.41, 5.74) is 0. The highest BCUT2D eigenvalue weighted by molar-refractivity contribution is 8.76. The predicted molar refractivity (Wildman–Crippen MR) is 69.9 cm³/mol. The van der Waals surface area contributed by atoms with E-state index in [1.807, 2.05) is 19.0 Å². The van der Waals surface area contributed by atoms with Crippen molar-refractivity contribution in [3.8, 4) is 0 Å². The average Bonchev–Trinajstić information content (AvgIpc) is 2.22. The van der Waals surface area contributed by atoms with Gasteiger partial charge in [0.25, 0.3) is 0 Å². The third-order valence-electron chi connectivity index (χ3n) is 1.49. The lowest BCUT2D eigenvalue weighted by molar-refractivity contribution is 0.152. The number of carbonyl (C=O) groups is 1. The zero-order valence-corrected chi connectivity index (χ0v) is 11.4. The van der Waals surface area contributed by atoms with Crippen LogP contribution in [0.2, 0.25) is 0 Å². The highest BCUT2D eigenvalue weighted by atomic mass is 33.1. The van der Waals surface area contributed by atoms with Gasteiger partial charge in [0, 0.05) is 24.6 Å². The van der Waals surface area contributed by atoms with Gasteiger partial charge < -0.3 is 20.1 Å². The van der Waals surface area contributed by atoms with Crippen molar-refractivity contribution in [1.82, 2.24) is 10.2 Å². The van der Waals surface area contributed by atoms with Crippen LogP contribution in [-0.4, -0.2) is 68.0 Å². The molecule has 0 aromatic heterocycles. The summed E-state index contributed by atoms with van der Waals surface area (Å²) in [7, 11) is 7.06. The second-order valence-electron chi connectivity index (χ2n) is 3.23. The number of aliphatic hydroxyl groups excluding tert-OH is 1. The fourth-order valence-corrected chi connectivity index (χ4v) is 2.35. The van der Waals surface area contributed by atoms with Crippen LogP contribution in [0, 0.1) is 0 Å². The van der Waals surface area contributed by atoms with Gasteiger partial charge in [-0.3, -0.25) is 0 Å². The fraction of sp³-hybridized carbons (Fsp3) is 0.889. The number of carbonyl (C=O) groups excluding carboxylic acids is 1. The van der Waals surface area contributed by atoms with E-state index in [0.717, 1.165) is 12.3 Å². The minimum atomic E-state index is -0.366. The molecule has 0 aliphatic heterocycles. The summed E-state index contributed by atoms with van der Waals surface area (Å²) in [5, 5.41) is 11.2. The molecular weight excluding hydrogens is 248 g/mol. The lowest BCUT2D eigenvalue weighted by Gasteiger charge is -2.10. The van der Waals surface area contributed by atoms with Crippen LogP contribution in [0.5, 0.6) is 0 Å². The maximum Gasteiger partial charge on any atom is 0.407 e. The summed E-state index contributed by atoms with van der Waals surface area (Å²) in [6, 6.07) is 0. The minimum absolute atomic E-state index is 0.184. The number of alkyl carbamates (subject to hydrolysis) is 1. The van der Waals surface area contributed by atoms with Crippen molar-refractivity contribution < 1.29 is 14.6 Å². The molecular formula is C9H20N2O3S2. The van der Waals surface area contributed by atoms with Crippen molar-refractivity contribution in [3.05, 3.63) is 0 Å². The standard InChI is InChI=1S/C9H20N2O3S2/c1-11(2)4-3-10-9(13)14-6-8-16-15-7-5-12/h12H,3-8H2,1-2H3,(H,10,13). The summed E-state index contributed by atoms with van der Waals surface area (Å²) in [4.78, 5) is 13.1. The predicted octanol–water partition coefficient (Wildman–Crippen LogP) is 0.648. The van der Waals surface area contributed by atoms with Gasteiger partial charge in [-0.1, -0.05) is 21.6 Å². The Morgan fingerprint density at radius 3 is 2.69 bits per heavy atom. The number of ether oxygens (including phenoxy) is 1. The molecule has 0 saturated heterocycles. The molecule has 0 atom stereocenters. The lowest BCUT2D eigenvalue weighted by atomic mass is 10.6. The zero-order valence-electron chi connectivity index (χ0n) is 9.77. The summed E-state index contributed by atoms with van der Waals surface area (Å²) < 4.78 is 4.94. The van der Waals surface area contributed by atoms with Gasteiger partial charge in [-0.05, 0) is 14.1 Å². The number of amides is 1. The summed E-state index contributed by atoms with van der Waals surface area (Å²) >= 11 is 0. The first kappa shape index (κ1) is 15.9. The molecule has 0 spiro atoms. The summed E-state index contributed by atoms with van der Waals surface area (Å²) in [5.74, 6) is 1.45. The molecule has 0 aliphatic rings. The molecule has 0 bridgehead atoms. The van der Waals surface area contributed by atoms with Crippen molar-refractivity contribution in [3.63, 3.8) is 0 Å². The van der Waals surface area contributed by atoms with Crippen molar-refractivity contribution in [1.29, 1.82) is 0 Å². The average molecular weight is 268 g/mol. The SMILES string of the molecule is CN(C)CCNC(=O)OCCSSCCO. The third kappa shape index (κ3) is 12.0. The Morgan fingerprint density at radius 1 is 1.38 bits per heavy atom. The van der Waals surface area contributed by atoms with Gasteiger partial charge in [-0.2, -0.15) is 0 Å². The normalized spacial score (nSPS) is 10.5. The molecule has 0 aromatic carbocycles. The molecule has 0 aromatic rings. The smallest absolute Gasteiger partial charge is 0.407 e. The van der Waals surface area contributed by atoms with E-state index in [-0.39, 0.29) is 12.7 Å². The van der Waals surface area contributed by atoms with E-state index in [1.54, 1.807) is 21.6 Å². The maximum absolute atomic E-state index is 11.1. The zero-order chi connectivity index (χ0) is 12.2. The van der Waals surface area contributed by atoms with Crippen LogP contribution in [0.4, 0.5) is 4.79 Å². The second-order valence-corrected chi connectivity index (χ2v) is 5.94. The molecule has 7 heteroatoms. The number of aliphatic hydroxyl groups is 1. The molecule has 0 rings (SSSR count). The molecule has 0 aliphatic carbocycles. The molecule has 2 N–H and O–H groups in total. The van der Waals surface area contributed by atoms with E-state index in [1.165, 1.54) is 0 Å². The van der Waals surface area contributed by atoms with E-state index < -0.39 is 0 Å². The number of nitrogens with one attached hydrogen (secondary N) is 1. The molecule has 1 amide bonds. The first-order valence-corrected chi connectivity index (χ1v) is 7.56. The summed E-state index contributed by atoms with van der Waals surface area (Å²) in [6.45, 7) is 1.98. The largest absolute Gasteiger partial charge is 0.449 e. The molecule has 0 fully saturated rings. The van der Waals surface area contributed by atoms with Gasteiger partial charge in [-0.15, -0.1) is 0 Å². The van der Waals surface area contributed by atoms with Crippen LogP contribution in [0.3, 0.4) is 0 Å². The third-order valence-corrected chi connectivity index (χ3v) is 3.84. The molecule has 96 valence electrons. The molecule has 0 heterocycles. The van der Waals surface area contributed by atoms with Gasteiger partial charge in [-0.25, -0.2) is 4.79 Å². The van der Waals surface area contributed by atoms with Crippen molar-refractivity contribution in [2.24, 2.45) is 0 Å². The Hall–Kier alpha value is -0.110. The quantitative estimate of drug-likeness (QED) is 0.473. The Morgan fingerprint density at radius 2 is 2.06 bits per heavy atom. The summed E-state index contributed by atoms with van der Waals surface area (Å²) in [6.07, 6.45) is -0.366. The Kier molecular flexibility index (Phi) is 11.3. The van der Waals surface area contributed by atoms with Gasteiger partial charge in [0.05, 0.1) is 6.61 Å². The van der Waals surface area contributed by atoms with Crippen LogP contribution in [0.1, 0.15) is 0 Å². The number of rotatable bonds is 9. The number of hydrogen-bond donors (Lipinski definition) is 2. The second kappa shape index (κ2) is 11.4. The number of nitrogens with zero attached hydrogens (tertiary/aromatic N) is 1. The Balaban J connectivity index is 3.17. The molecule has 0 unspecified atom stereocenters. The van der Waals surface area contributed by atoms with Crippen LogP contribution < -0.4 is 5.32 Å². The van der Waals surface area contributed by atoms with E-state index in [4.69, 9.17) is 9.84 Å². The van der Waals surface area contributed by atoms with Crippen LogP contribution in [0.15, 0.2) is 0 Å². The lowest BCUT2D eigenvalue weighted by Crippen LogP contribution is -2.32. The van der Waals surface area contributed by atoms with Crippen molar-refractivity contribution >= 4 is 27.7 Å². The van der Waals surface area contributed by atoms with Crippen LogP contribution in [-0.2, 0) is 4.74 Å². The van der Waals surface area contributed by atoms with Gasteiger partial charge in [0.15, 0.2) is 0 Å². The highest BCUT2D eigenvalue weighted by Gasteiger charge is 2.00. The maximum atomic E-state index is 11.1. The van der Waals surface area contributed by atoms with Crippen molar-refractivity contribution in [2.45, 2.75) is 0 Å². The highest BCUT2D eigenvalue weighted by Crippen LogP contribution is 2.19. The molecule has 0 radical (unpaired) electrons. The van der Waals surface area contributed by atoms with Crippen LogP contribution >= 0.6 is 21.6 Å². The van der Waals surface area contributed by atoms with E-state index in [9.17, 15) is 4.79 Å². The first-order valence-electron chi connectivity index (χ1n) is 5.07. The topological polar surface area (TPSA) is 61.8 Å². The van der Waals surface area contributed by atoms with Crippen LogP contribution in [0.25, 0.3) is 0 Å².